The number of hydrogen-bond acceptors (Lipinski definition) is 2. The lowest BCUT2D eigenvalue weighted by Gasteiger charge is -2.18. The van der Waals surface area contributed by atoms with Gasteiger partial charge in [0.1, 0.15) is 0 Å². The molecule has 0 atom stereocenters. The molecule has 1 heterocycles. The van der Waals surface area contributed by atoms with Gasteiger partial charge in [-0.3, -0.25) is 4.98 Å². The second-order valence-corrected chi connectivity index (χ2v) is 11.9. The molecule has 0 aliphatic heterocycles. The highest BCUT2D eigenvalue weighted by Gasteiger charge is 2.17. The van der Waals surface area contributed by atoms with Gasteiger partial charge in [-0.15, -0.1) is 0 Å². The third-order valence-electron chi connectivity index (χ3n) is 9.16. The van der Waals surface area contributed by atoms with E-state index in [4.69, 9.17) is 9.97 Å². The van der Waals surface area contributed by atoms with E-state index < -0.39 is 0 Å². The zero-order valence-corrected chi connectivity index (χ0v) is 24.6. The Bertz CT molecular complexity index is 2630. The first-order chi connectivity index (χ1) is 21.6. The summed E-state index contributed by atoms with van der Waals surface area (Å²) >= 11 is 0. The summed E-state index contributed by atoms with van der Waals surface area (Å²) in [5.41, 5.74) is 8.97. The average Bonchev–Trinajstić information content (AvgIpc) is 3.07. The molecule has 8 aromatic carbocycles. The first kappa shape index (κ1) is 24.9. The number of rotatable bonds is 2. The van der Waals surface area contributed by atoms with Crippen molar-refractivity contribution in [3.8, 4) is 22.3 Å². The molecule has 0 saturated heterocycles. The van der Waals surface area contributed by atoms with Crippen LogP contribution in [0.3, 0.4) is 0 Å². The summed E-state index contributed by atoms with van der Waals surface area (Å²) in [6.07, 6.45) is 1.87. The molecular formula is C42H28N2. The van der Waals surface area contributed by atoms with E-state index in [2.05, 4.69) is 134 Å². The zero-order valence-electron chi connectivity index (χ0n) is 24.6. The topological polar surface area (TPSA) is 25.8 Å². The van der Waals surface area contributed by atoms with Crippen LogP contribution in [-0.2, 0) is 0 Å². The van der Waals surface area contributed by atoms with E-state index in [1.165, 1.54) is 70.9 Å². The summed E-state index contributed by atoms with van der Waals surface area (Å²) < 4.78 is 0. The predicted molar refractivity (Wildman–Crippen MR) is 187 cm³/mol. The van der Waals surface area contributed by atoms with Crippen LogP contribution < -0.4 is 0 Å². The maximum atomic E-state index is 4.97. The monoisotopic (exact) mass is 560 g/mol. The maximum absolute atomic E-state index is 4.97. The molecule has 0 aliphatic carbocycles. The average molecular weight is 561 g/mol. The van der Waals surface area contributed by atoms with Crippen molar-refractivity contribution in [3.63, 3.8) is 0 Å². The van der Waals surface area contributed by atoms with Crippen LogP contribution in [0.15, 0.2) is 134 Å². The van der Waals surface area contributed by atoms with Gasteiger partial charge in [0, 0.05) is 17.0 Å². The summed E-state index contributed by atoms with van der Waals surface area (Å²) in [6, 6.07) is 46.8. The molecule has 1 aromatic heterocycles. The van der Waals surface area contributed by atoms with Gasteiger partial charge < -0.3 is 0 Å². The van der Waals surface area contributed by atoms with E-state index >= 15 is 0 Å². The third-order valence-corrected chi connectivity index (χ3v) is 9.16. The second kappa shape index (κ2) is 9.45. The molecule has 0 bridgehead atoms. The van der Waals surface area contributed by atoms with Crippen molar-refractivity contribution in [2.45, 2.75) is 13.8 Å². The van der Waals surface area contributed by atoms with Crippen LogP contribution in [0.5, 0.6) is 0 Å². The predicted octanol–water partition coefficient (Wildman–Crippen LogP) is 11.3. The maximum Gasteiger partial charge on any atom is 0.0974 e. The Labute approximate surface area is 255 Å². The van der Waals surface area contributed by atoms with Crippen LogP contribution in [0.25, 0.3) is 87.1 Å². The zero-order chi connectivity index (χ0) is 29.4. The van der Waals surface area contributed by atoms with Crippen LogP contribution in [0, 0.1) is 13.8 Å². The minimum Gasteiger partial charge on any atom is -0.252 e. The second-order valence-electron chi connectivity index (χ2n) is 11.9. The Morgan fingerprint density at radius 3 is 1.50 bits per heavy atom. The van der Waals surface area contributed by atoms with Gasteiger partial charge in [-0.2, -0.15) is 0 Å². The van der Waals surface area contributed by atoms with Crippen molar-refractivity contribution in [1.82, 2.24) is 9.97 Å². The number of aromatic nitrogens is 2. The first-order valence-corrected chi connectivity index (χ1v) is 15.2. The summed E-state index contributed by atoms with van der Waals surface area (Å²) in [5.74, 6) is 0. The fourth-order valence-corrected chi connectivity index (χ4v) is 7.17. The largest absolute Gasteiger partial charge is 0.252 e. The first-order valence-electron chi connectivity index (χ1n) is 15.2. The Kier molecular flexibility index (Phi) is 5.36. The van der Waals surface area contributed by atoms with Crippen LogP contribution >= 0.6 is 0 Å². The Hall–Kier alpha value is -5.60. The number of benzene rings is 8. The van der Waals surface area contributed by atoms with E-state index in [-0.39, 0.29) is 0 Å². The Morgan fingerprint density at radius 1 is 0.386 bits per heavy atom. The van der Waals surface area contributed by atoms with Crippen molar-refractivity contribution in [2.75, 3.05) is 0 Å². The molecule has 2 nitrogen and oxygen atoms in total. The standard InChI is InChI=1S/C42H28N2/c1-25-10-9-11-27(20-25)36-22-39-31-14-5-3-12-29(31)30-13-4-6-15-32(30)40(39)23-37(36)28-18-19-35-38(21-28)33-16-7-8-17-34(33)41-42(35)44-26(2)24-43-41/h3-24H,1-2H3. The molecule has 0 amide bonds. The summed E-state index contributed by atoms with van der Waals surface area (Å²) in [4.78, 5) is 9.80. The van der Waals surface area contributed by atoms with Crippen molar-refractivity contribution in [1.29, 1.82) is 0 Å². The van der Waals surface area contributed by atoms with Gasteiger partial charge >= 0.3 is 0 Å². The van der Waals surface area contributed by atoms with Gasteiger partial charge in [0.15, 0.2) is 0 Å². The van der Waals surface area contributed by atoms with Crippen molar-refractivity contribution >= 4 is 64.9 Å². The van der Waals surface area contributed by atoms with Gasteiger partial charge in [0.25, 0.3) is 0 Å². The molecule has 9 aromatic rings. The molecule has 0 fully saturated rings. The molecular weight excluding hydrogens is 532 g/mol. The van der Waals surface area contributed by atoms with E-state index in [1.54, 1.807) is 0 Å². The Morgan fingerprint density at radius 2 is 0.886 bits per heavy atom. The van der Waals surface area contributed by atoms with Crippen LogP contribution in [-0.4, -0.2) is 9.97 Å². The number of nitrogens with zero attached hydrogens (tertiary/aromatic N) is 2. The smallest absolute Gasteiger partial charge is 0.0974 e. The van der Waals surface area contributed by atoms with Gasteiger partial charge in [-0.1, -0.05) is 115 Å². The fraction of sp³-hybridized carbons (Fsp3) is 0.0476. The van der Waals surface area contributed by atoms with E-state index in [0.29, 0.717) is 0 Å². The molecule has 44 heavy (non-hydrogen) atoms. The SMILES string of the molecule is Cc1cccc(-c2cc3c4ccccc4c4ccccc4c3cc2-c2ccc3c(c2)c2ccccc2c2ncc(C)nc32)c1. The molecule has 0 radical (unpaired) electrons. The van der Waals surface area contributed by atoms with E-state index in [9.17, 15) is 0 Å². The van der Waals surface area contributed by atoms with Crippen molar-refractivity contribution < 1.29 is 0 Å². The number of fused-ring (bicyclic) bond motifs is 12. The quantitative estimate of drug-likeness (QED) is 0.197. The van der Waals surface area contributed by atoms with Gasteiger partial charge in [-0.05, 0) is 97.4 Å². The highest BCUT2D eigenvalue weighted by atomic mass is 14.8. The summed E-state index contributed by atoms with van der Waals surface area (Å²) in [7, 11) is 0. The van der Waals surface area contributed by atoms with Gasteiger partial charge in [-0.25, -0.2) is 4.98 Å². The number of hydrogen-bond donors (Lipinski definition) is 0. The normalized spacial score (nSPS) is 11.9. The lowest BCUT2D eigenvalue weighted by molar-refractivity contribution is 1.19. The molecule has 0 saturated carbocycles. The summed E-state index contributed by atoms with van der Waals surface area (Å²) in [5, 5.41) is 12.4. The van der Waals surface area contributed by atoms with Gasteiger partial charge in [0.2, 0.25) is 0 Å². The minimum absolute atomic E-state index is 0.925. The minimum atomic E-state index is 0.925. The van der Waals surface area contributed by atoms with E-state index in [0.717, 1.165) is 27.5 Å². The number of aryl methyl sites for hydroxylation is 2. The van der Waals surface area contributed by atoms with Crippen molar-refractivity contribution in [2.24, 2.45) is 0 Å². The van der Waals surface area contributed by atoms with E-state index in [1.807, 2.05) is 13.1 Å². The fourth-order valence-electron chi connectivity index (χ4n) is 7.17. The van der Waals surface area contributed by atoms with Crippen LogP contribution in [0.4, 0.5) is 0 Å². The lowest BCUT2D eigenvalue weighted by atomic mass is 9.86. The summed E-state index contributed by atoms with van der Waals surface area (Å²) in [6.45, 7) is 4.18. The molecule has 9 rings (SSSR count). The Balaban J connectivity index is 1.44. The lowest BCUT2D eigenvalue weighted by Crippen LogP contribution is -1.93. The third kappa shape index (κ3) is 3.68. The molecule has 0 unspecified atom stereocenters. The van der Waals surface area contributed by atoms with Gasteiger partial charge in [0.05, 0.1) is 16.7 Å². The van der Waals surface area contributed by atoms with Crippen molar-refractivity contribution in [3.05, 3.63) is 145 Å². The van der Waals surface area contributed by atoms with Crippen LogP contribution in [0.2, 0.25) is 0 Å². The molecule has 206 valence electrons. The highest BCUT2D eigenvalue weighted by molar-refractivity contribution is 6.27. The van der Waals surface area contributed by atoms with Crippen LogP contribution in [0.1, 0.15) is 11.3 Å². The molecule has 2 heteroatoms. The highest BCUT2D eigenvalue weighted by Crippen LogP contribution is 2.43. The molecule has 0 spiro atoms. The molecule has 0 N–H and O–H groups in total. The molecule has 0 aliphatic rings.